The van der Waals surface area contributed by atoms with Gasteiger partial charge in [0, 0.05) is 12.1 Å². The lowest BCUT2D eigenvalue weighted by Crippen LogP contribution is -2.46. The summed E-state index contributed by atoms with van der Waals surface area (Å²) >= 11 is 0. The Kier molecular flexibility index (Phi) is 5.83. The molecule has 2 rings (SSSR count). The highest BCUT2D eigenvalue weighted by molar-refractivity contribution is 5.25. The highest BCUT2D eigenvalue weighted by Gasteiger charge is 2.28. The fourth-order valence-electron chi connectivity index (χ4n) is 3.66. The molecule has 2 heteroatoms. The summed E-state index contributed by atoms with van der Waals surface area (Å²) in [7, 11) is 2.09. The lowest BCUT2D eigenvalue weighted by molar-refractivity contribution is 0.103. The average Bonchev–Trinajstić information content (AvgIpc) is 2.50. The number of aryl methyl sites for hydroxylation is 1. The fourth-order valence-corrected chi connectivity index (χ4v) is 3.66. The zero-order chi connectivity index (χ0) is 15.4. The van der Waals surface area contributed by atoms with Crippen LogP contribution in [0.25, 0.3) is 0 Å². The molecule has 1 aliphatic rings. The van der Waals surface area contributed by atoms with Crippen molar-refractivity contribution >= 4 is 0 Å². The van der Waals surface area contributed by atoms with Gasteiger partial charge in [0.2, 0.25) is 0 Å². The Morgan fingerprint density at radius 3 is 2.10 bits per heavy atom. The summed E-state index contributed by atoms with van der Waals surface area (Å²) in [5.74, 6) is 1.75. The Hall–Kier alpha value is -0.860. The topological polar surface area (TPSA) is 15.3 Å². The van der Waals surface area contributed by atoms with E-state index in [2.05, 4.69) is 69.2 Å². The number of benzene rings is 1. The second kappa shape index (κ2) is 7.42. The van der Waals surface area contributed by atoms with Crippen molar-refractivity contribution in [1.82, 2.24) is 10.2 Å². The van der Waals surface area contributed by atoms with E-state index < -0.39 is 0 Å². The van der Waals surface area contributed by atoms with Crippen molar-refractivity contribution in [2.24, 2.45) is 11.8 Å². The van der Waals surface area contributed by atoms with Gasteiger partial charge in [0.05, 0.1) is 0 Å². The summed E-state index contributed by atoms with van der Waals surface area (Å²) in [6, 6.07) is 9.95. The van der Waals surface area contributed by atoms with Crippen LogP contribution in [0.3, 0.4) is 0 Å². The van der Waals surface area contributed by atoms with Gasteiger partial charge in [0.15, 0.2) is 0 Å². The third-order valence-electron chi connectivity index (χ3n) is 5.32. The van der Waals surface area contributed by atoms with Gasteiger partial charge in [-0.2, -0.15) is 0 Å². The van der Waals surface area contributed by atoms with E-state index >= 15 is 0 Å². The highest BCUT2D eigenvalue weighted by Crippen LogP contribution is 2.29. The van der Waals surface area contributed by atoms with E-state index in [0.717, 1.165) is 11.8 Å². The molecule has 1 N–H and O–H groups in total. The van der Waals surface area contributed by atoms with Crippen LogP contribution in [0.1, 0.15) is 50.8 Å². The first kappa shape index (κ1) is 16.5. The van der Waals surface area contributed by atoms with E-state index in [9.17, 15) is 0 Å². The van der Waals surface area contributed by atoms with Gasteiger partial charge in [-0.25, -0.2) is 0 Å². The predicted octanol–water partition coefficient (Wildman–Crippen LogP) is 4.01. The second-order valence-corrected chi connectivity index (χ2v) is 7.04. The standard InChI is InChI=1S/C19H32N2/c1-14(2)17-10-12-21(13-11-17)16(4)19(20-5)18-8-6-15(3)7-9-18/h6-9,14,16-17,19-20H,10-13H2,1-5H3. The molecule has 1 aromatic rings. The third kappa shape index (κ3) is 4.08. The first-order chi connectivity index (χ1) is 10.0. The van der Waals surface area contributed by atoms with Crippen molar-refractivity contribution in [3.05, 3.63) is 35.4 Å². The summed E-state index contributed by atoms with van der Waals surface area (Å²) in [5.41, 5.74) is 2.74. The molecular weight excluding hydrogens is 256 g/mol. The van der Waals surface area contributed by atoms with Crippen LogP contribution in [0.15, 0.2) is 24.3 Å². The lowest BCUT2D eigenvalue weighted by atomic mass is 9.85. The van der Waals surface area contributed by atoms with Gasteiger partial charge in [-0.15, -0.1) is 0 Å². The zero-order valence-corrected chi connectivity index (χ0v) is 14.4. The molecule has 1 fully saturated rings. The first-order valence-electron chi connectivity index (χ1n) is 8.50. The van der Waals surface area contributed by atoms with E-state index in [1.54, 1.807) is 0 Å². The summed E-state index contributed by atoms with van der Waals surface area (Å²) in [6.07, 6.45) is 2.71. The maximum absolute atomic E-state index is 3.53. The van der Waals surface area contributed by atoms with Crippen molar-refractivity contribution in [1.29, 1.82) is 0 Å². The fraction of sp³-hybridized carbons (Fsp3) is 0.684. The number of nitrogens with zero attached hydrogens (tertiary/aromatic N) is 1. The van der Waals surface area contributed by atoms with Crippen LogP contribution in [0.5, 0.6) is 0 Å². The van der Waals surface area contributed by atoms with Gasteiger partial charge in [-0.05, 0) is 64.2 Å². The number of nitrogens with one attached hydrogen (secondary N) is 1. The van der Waals surface area contributed by atoms with Crippen molar-refractivity contribution in [2.45, 2.75) is 52.6 Å². The second-order valence-electron chi connectivity index (χ2n) is 7.04. The molecule has 1 heterocycles. The van der Waals surface area contributed by atoms with Crippen LogP contribution in [0.4, 0.5) is 0 Å². The van der Waals surface area contributed by atoms with E-state index in [4.69, 9.17) is 0 Å². The minimum absolute atomic E-state index is 0.418. The Bertz CT molecular complexity index is 416. The van der Waals surface area contributed by atoms with Gasteiger partial charge in [0.25, 0.3) is 0 Å². The molecule has 0 bridgehead atoms. The molecule has 0 amide bonds. The first-order valence-corrected chi connectivity index (χ1v) is 8.50. The number of likely N-dealkylation sites (tertiary alicyclic amines) is 1. The van der Waals surface area contributed by atoms with Crippen LogP contribution >= 0.6 is 0 Å². The van der Waals surface area contributed by atoms with E-state index in [0.29, 0.717) is 12.1 Å². The smallest absolute Gasteiger partial charge is 0.0473 e. The number of hydrogen-bond donors (Lipinski definition) is 1. The molecule has 0 radical (unpaired) electrons. The largest absolute Gasteiger partial charge is 0.312 e. The molecular formula is C19H32N2. The van der Waals surface area contributed by atoms with Gasteiger partial charge in [-0.3, -0.25) is 4.90 Å². The van der Waals surface area contributed by atoms with Gasteiger partial charge in [0.1, 0.15) is 0 Å². The highest BCUT2D eigenvalue weighted by atomic mass is 15.2. The van der Waals surface area contributed by atoms with E-state index in [1.807, 2.05) is 0 Å². The Balaban J connectivity index is 2.00. The van der Waals surface area contributed by atoms with Gasteiger partial charge >= 0.3 is 0 Å². The summed E-state index contributed by atoms with van der Waals surface area (Å²) in [4.78, 5) is 2.67. The van der Waals surface area contributed by atoms with Crippen LogP contribution in [-0.4, -0.2) is 31.1 Å². The Labute approximate surface area is 130 Å². The molecule has 0 saturated carbocycles. The van der Waals surface area contributed by atoms with Crippen LogP contribution in [-0.2, 0) is 0 Å². The predicted molar refractivity (Wildman–Crippen MR) is 91.6 cm³/mol. The van der Waals surface area contributed by atoms with Crippen molar-refractivity contribution in [3.63, 3.8) is 0 Å². The maximum atomic E-state index is 3.53. The van der Waals surface area contributed by atoms with E-state index in [1.165, 1.54) is 37.1 Å². The van der Waals surface area contributed by atoms with Crippen molar-refractivity contribution < 1.29 is 0 Å². The Morgan fingerprint density at radius 1 is 1.05 bits per heavy atom. The van der Waals surface area contributed by atoms with Crippen molar-refractivity contribution in [2.75, 3.05) is 20.1 Å². The number of hydrogen-bond acceptors (Lipinski definition) is 2. The minimum atomic E-state index is 0.418. The summed E-state index contributed by atoms with van der Waals surface area (Å²) in [6.45, 7) is 11.7. The average molecular weight is 288 g/mol. The van der Waals surface area contributed by atoms with Crippen LogP contribution < -0.4 is 5.32 Å². The zero-order valence-electron chi connectivity index (χ0n) is 14.4. The third-order valence-corrected chi connectivity index (χ3v) is 5.32. The molecule has 2 unspecified atom stereocenters. The van der Waals surface area contributed by atoms with Crippen LogP contribution in [0, 0.1) is 18.8 Å². The SMILES string of the molecule is CNC(c1ccc(C)cc1)C(C)N1CCC(C(C)C)CC1. The van der Waals surface area contributed by atoms with Gasteiger partial charge < -0.3 is 5.32 Å². The summed E-state index contributed by atoms with van der Waals surface area (Å²) < 4.78 is 0. The lowest BCUT2D eigenvalue weighted by Gasteiger charge is -2.40. The normalized spacial score (nSPS) is 20.7. The molecule has 2 atom stereocenters. The van der Waals surface area contributed by atoms with Crippen LogP contribution in [0.2, 0.25) is 0 Å². The Morgan fingerprint density at radius 2 is 1.62 bits per heavy atom. The number of likely N-dealkylation sites (N-methyl/N-ethyl adjacent to an activating group) is 1. The monoisotopic (exact) mass is 288 g/mol. The molecule has 118 valence electrons. The molecule has 2 nitrogen and oxygen atoms in total. The molecule has 0 aromatic heterocycles. The maximum Gasteiger partial charge on any atom is 0.0473 e. The molecule has 0 aliphatic carbocycles. The molecule has 1 aromatic carbocycles. The van der Waals surface area contributed by atoms with Gasteiger partial charge in [-0.1, -0.05) is 43.7 Å². The minimum Gasteiger partial charge on any atom is -0.312 e. The summed E-state index contributed by atoms with van der Waals surface area (Å²) in [5, 5.41) is 3.53. The quantitative estimate of drug-likeness (QED) is 0.880. The molecule has 1 saturated heterocycles. The molecule has 1 aliphatic heterocycles. The van der Waals surface area contributed by atoms with Crippen molar-refractivity contribution in [3.8, 4) is 0 Å². The van der Waals surface area contributed by atoms with E-state index in [-0.39, 0.29) is 0 Å². The molecule has 0 spiro atoms. The number of piperidine rings is 1. The number of rotatable bonds is 5. The molecule has 21 heavy (non-hydrogen) atoms.